The van der Waals surface area contributed by atoms with Gasteiger partial charge in [0.1, 0.15) is 5.82 Å². The zero-order valence-corrected chi connectivity index (χ0v) is 20.2. The van der Waals surface area contributed by atoms with Gasteiger partial charge in [0.2, 0.25) is 0 Å². The van der Waals surface area contributed by atoms with Gasteiger partial charge >= 0.3 is 0 Å². The van der Waals surface area contributed by atoms with E-state index in [4.69, 9.17) is 0 Å². The van der Waals surface area contributed by atoms with E-state index in [2.05, 4.69) is 56.7 Å². The van der Waals surface area contributed by atoms with Crippen LogP contribution in [0.5, 0.6) is 0 Å². The van der Waals surface area contributed by atoms with E-state index >= 15 is 0 Å². The largest absolute Gasteiger partial charge is 0.357 e. The summed E-state index contributed by atoms with van der Waals surface area (Å²) in [5.41, 5.74) is 3.13. The molecule has 0 saturated carbocycles. The van der Waals surface area contributed by atoms with Gasteiger partial charge in [-0.3, -0.25) is 4.90 Å². The Morgan fingerprint density at radius 2 is 1.63 bits per heavy atom. The van der Waals surface area contributed by atoms with Crippen molar-refractivity contribution < 1.29 is 4.39 Å². The number of likely N-dealkylation sites (N-methyl/N-ethyl adjacent to an activating group) is 1. The van der Waals surface area contributed by atoms with Crippen LogP contribution in [-0.2, 0) is 19.6 Å². The van der Waals surface area contributed by atoms with E-state index in [-0.39, 0.29) is 29.8 Å². The fraction of sp³-hybridized carbons (Fsp3) is 0.435. The van der Waals surface area contributed by atoms with Gasteiger partial charge in [0, 0.05) is 51.4 Å². The molecule has 1 fully saturated rings. The maximum Gasteiger partial charge on any atom is 0.191 e. The van der Waals surface area contributed by atoms with Crippen LogP contribution in [-0.4, -0.2) is 55.5 Å². The van der Waals surface area contributed by atoms with E-state index in [1.54, 1.807) is 12.1 Å². The zero-order chi connectivity index (χ0) is 20.5. The van der Waals surface area contributed by atoms with E-state index in [0.717, 1.165) is 44.8 Å². The van der Waals surface area contributed by atoms with Gasteiger partial charge in [0.25, 0.3) is 0 Å². The average molecular weight is 525 g/mol. The number of hydrogen-bond donors (Lipinski definition) is 2. The molecule has 30 heavy (non-hydrogen) atoms. The van der Waals surface area contributed by atoms with Crippen LogP contribution in [0.15, 0.2) is 53.5 Å². The van der Waals surface area contributed by atoms with Crippen LogP contribution in [0.25, 0.3) is 0 Å². The van der Waals surface area contributed by atoms with E-state index in [0.29, 0.717) is 24.6 Å². The van der Waals surface area contributed by atoms with Crippen LogP contribution in [0, 0.1) is 5.82 Å². The topological polar surface area (TPSA) is 42.9 Å². The summed E-state index contributed by atoms with van der Waals surface area (Å²) in [6.45, 7) is 9.30. The number of aliphatic imine (C=N–C) groups is 1. The summed E-state index contributed by atoms with van der Waals surface area (Å²) in [7, 11) is 2.18. The zero-order valence-electron chi connectivity index (χ0n) is 17.9. The van der Waals surface area contributed by atoms with Crippen LogP contribution < -0.4 is 10.6 Å². The first-order valence-corrected chi connectivity index (χ1v) is 10.4. The van der Waals surface area contributed by atoms with Crippen LogP contribution in [0.4, 0.5) is 4.39 Å². The second-order valence-corrected chi connectivity index (χ2v) is 7.54. The summed E-state index contributed by atoms with van der Waals surface area (Å²) in [5.74, 6) is 0.490. The Kier molecular flexibility index (Phi) is 10.5. The maximum atomic E-state index is 13.8. The molecule has 0 spiro atoms. The highest BCUT2D eigenvalue weighted by Crippen LogP contribution is 2.11. The van der Waals surface area contributed by atoms with Crippen molar-refractivity contribution in [2.45, 2.75) is 26.6 Å². The smallest absolute Gasteiger partial charge is 0.191 e. The molecule has 0 radical (unpaired) electrons. The number of nitrogens with one attached hydrogen (secondary N) is 2. The first-order chi connectivity index (χ1) is 14.1. The molecule has 2 aromatic carbocycles. The molecule has 0 aromatic heterocycles. The van der Waals surface area contributed by atoms with Crippen molar-refractivity contribution in [2.24, 2.45) is 4.99 Å². The van der Waals surface area contributed by atoms with Gasteiger partial charge in [-0.2, -0.15) is 0 Å². The molecule has 0 bridgehead atoms. The SMILES string of the molecule is CCNC(=NCc1ccc(CN2CCN(C)CC2)cc1)NCc1ccccc1F.I. The summed E-state index contributed by atoms with van der Waals surface area (Å²) in [6, 6.07) is 15.5. The number of halogens is 2. The van der Waals surface area contributed by atoms with Crippen molar-refractivity contribution in [3.63, 3.8) is 0 Å². The molecular formula is C23H33FIN5. The molecule has 7 heteroatoms. The predicted molar refractivity (Wildman–Crippen MR) is 133 cm³/mol. The Balaban J connectivity index is 0.00000320. The fourth-order valence-corrected chi connectivity index (χ4v) is 3.35. The molecular weight excluding hydrogens is 492 g/mol. The van der Waals surface area contributed by atoms with Crippen molar-refractivity contribution in [1.29, 1.82) is 0 Å². The quantitative estimate of drug-likeness (QED) is 0.330. The van der Waals surface area contributed by atoms with Crippen molar-refractivity contribution in [3.05, 3.63) is 71.0 Å². The number of nitrogens with zero attached hydrogens (tertiary/aromatic N) is 3. The summed E-state index contributed by atoms with van der Waals surface area (Å²) in [5, 5.41) is 6.42. The Hall–Kier alpha value is -1.71. The summed E-state index contributed by atoms with van der Waals surface area (Å²) in [4.78, 5) is 9.52. The number of rotatable bonds is 7. The lowest BCUT2D eigenvalue weighted by Gasteiger charge is -2.32. The second kappa shape index (κ2) is 12.9. The number of benzene rings is 2. The highest BCUT2D eigenvalue weighted by atomic mass is 127. The molecule has 5 nitrogen and oxygen atoms in total. The van der Waals surface area contributed by atoms with Crippen molar-refractivity contribution in [2.75, 3.05) is 39.8 Å². The van der Waals surface area contributed by atoms with E-state index in [1.807, 2.05) is 13.0 Å². The minimum absolute atomic E-state index is 0. The number of hydrogen-bond acceptors (Lipinski definition) is 3. The lowest BCUT2D eigenvalue weighted by Crippen LogP contribution is -2.43. The summed E-state index contributed by atoms with van der Waals surface area (Å²) >= 11 is 0. The van der Waals surface area contributed by atoms with Crippen molar-refractivity contribution in [1.82, 2.24) is 20.4 Å². The Bertz CT molecular complexity index is 788. The third kappa shape index (κ3) is 7.85. The molecule has 3 rings (SSSR count). The fourth-order valence-electron chi connectivity index (χ4n) is 3.35. The molecule has 2 aromatic rings. The maximum absolute atomic E-state index is 13.8. The Labute approximate surface area is 196 Å². The van der Waals surface area contributed by atoms with Gasteiger partial charge in [-0.05, 0) is 31.2 Å². The van der Waals surface area contributed by atoms with Crippen LogP contribution in [0.1, 0.15) is 23.6 Å². The molecule has 164 valence electrons. The van der Waals surface area contributed by atoms with Gasteiger partial charge < -0.3 is 15.5 Å². The van der Waals surface area contributed by atoms with Gasteiger partial charge in [-0.25, -0.2) is 9.38 Å². The Morgan fingerprint density at radius 3 is 2.30 bits per heavy atom. The molecule has 1 heterocycles. The lowest BCUT2D eigenvalue weighted by atomic mass is 10.1. The molecule has 2 N–H and O–H groups in total. The van der Waals surface area contributed by atoms with Crippen molar-refractivity contribution >= 4 is 29.9 Å². The van der Waals surface area contributed by atoms with Crippen LogP contribution >= 0.6 is 24.0 Å². The molecule has 0 unspecified atom stereocenters. The average Bonchev–Trinajstić information content (AvgIpc) is 2.74. The molecule has 0 amide bonds. The van der Waals surface area contributed by atoms with E-state index < -0.39 is 0 Å². The van der Waals surface area contributed by atoms with Gasteiger partial charge in [0.15, 0.2) is 5.96 Å². The number of piperazine rings is 1. The standard InChI is InChI=1S/C23H32FN5.HI/c1-3-25-23(27-17-21-6-4-5-7-22(21)24)26-16-19-8-10-20(11-9-19)18-29-14-12-28(2)13-15-29;/h4-11H,3,12-18H2,1-2H3,(H2,25,26,27);1H. The molecule has 1 aliphatic rings. The Morgan fingerprint density at radius 1 is 0.967 bits per heavy atom. The van der Waals surface area contributed by atoms with Crippen LogP contribution in [0.3, 0.4) is 0 Å². The van der Waals surface area contributed by atoms with Gasteiger partial charge in [-0.15, -0.1) is 24.0 Å². The summed E-state index contributed by atoms with van der Waals surface area (Å²) < 4.78 is 13.8. The monoisotopic (exact) mass is 525 g/mol. The first kappa shape index (κ1) is 24.6. The van der Waals surface area contributed by atoms with E-state index in [1.165, 1.54) is 11.6 Å². The predicted octanol–water partition coefficient (Wildman–Crippen LogP) is 3.45. The molecule has 0 atom stereocenters. The normalized spacial score (nSPS) is 15.5. The minimum Gasteiger partial charge on any atom is -0.357 e. The van der Waals surface area contributed by atoms with Crippen LogP contribution in [0.2, 0.25) is 0 Å². The van der Waals surface area contributed by atoms with Gasteiger partial charge in [-0.1, -0.05) is 42.5 Å². The highest BCUT2D eigenvalue weighted by Gasteiger charge is 2.13. The van der Waals surface area contributed by atoms with Crippen molar-refractivity contribution in [3.8, 4) is 0 Å². The molecule has 1 aliphatic heterocycles. The second-order valence-electron chi connectivity index (χ2n) is 7.54. The third-order valence-corrected chi connectivity index (χ3v) is 5.19. The lowest BCUT2D eigenvalue weighted by molar-refractivity contribution is 0.148. The molecule has 0 aliphatic carbocycles. The van der Waals surface area contributed by atoms with E-state index in [9.17, 15) is 4.39 Å². The first-order valence-electron chi connectivity index (χ1n) is 10.4. The highest BCUT2D eigenvalue weighted by molar-refractivity contribution is 14.0. The van der Waals surface area contributed by atoms with Gasteiger partial charge in [0.05, 0.1) is 6.54 Å². The number of guanidine groups is 1. The summed E-state index contributed by atoms with van der Waals surface area (Å²) in [6.07, 6.45) is 0. The third-order valence-electron chi connectivity index (χ3n) is 5.19. The minimum atomic E-state index is -0.202. The molecule has 1 saturated heterocycles.